The first kappa shape index (κ1) is 13.2. The summed E-state index contributed by atoms with van der Waals surface area (Å²) < 4.78 is 0. The number of nitrogens with one attached hydrogen (secondary N) is 1. The number of hydrogen-bond acceptors (Lipinski definition) is 5. The SMILES string of the molecule is CCc1cnc(CNc2nc(C)nc(Cl)c2C)s1. The van der Waals surface area contributed by atoms with Crippen LogP contribution in [0.15, 0.2) is 6.20 Å². The van der Waals surface area contributed by atoms with E-state index in [4.69, 9.17) is 11.6 Å². The van der Waals surface area contributed by atoms with Gasteiger partial charge in [-0.15, -0.1) is 11.3 Å². The Morgan fingerprint density at radius 3 is 2.78 bits per heavy atom. The fraction of sp³-hybridized carbons (Fsp3) is 0.417. The van der Waals surface area contributed by atoms with Crippen LogP contribution in [0.3, 0.4) is 0 Å². The second-order valence-corrected chi connectivity index (χ2v) is 5.52. The number of nitrogens with zero attached hydrogens (tertiary/aromatic N) is 3. The summed E-state index contributed by atoms with van der Waals surface area (Å²) in [6.45, 7) is 6.53. The van der Waals surface area contributed by atoms with Crippen LogP contribution in [0.4, 0.5) is 5.82 Å². The topological polar surface area (TPSA) is 50.7 Å². The summed E-state index contributed by atoms with van der Waals surface area (Å²) >= 11 is 7.74. The number of thiazole rings is 1. The molecule has 4 nitrogen and oxygen atoms in total. The Hall–Kier alpha value is -1.20. The van der Waals surface area contributed by atoms with Crippen LogP contribution in [0.5, 0.6) is 0 Å². The fourth-order valence-corrected chi connectivity index (χ4v) is 2.53. The average molecular weight is 283 g/mol. The standard InChI is InChI=1S/C12H15ClN4S/c1-4-9-5-14-10(18-9)6-15-12-7(2)11(13)16-8(3)17-12/h5H,4,6H2,1-3H3,(H,15,16,17). The van der Waals surface area contributed by atoms with Gasteiger partial charge in [0.05, 0.1) is 6.54 Å². The van der Waals surface area contributed by atoms with Crippen LogP contribution in [0.25, 0.3) is 0 Å². The lowest BCUT2D eigenvalue weighted by atomic mass is 10.3. The number of aryl methyl sites for hydroxylation is 2. The van der Waals surface area contributed by atoms with Crippen molar-refractivity contribution in [3.05, 3.63) is 32.6 Å². The van der Waals surface area contributed by atoms with Crippen molar-refractivity contribution in [2.75, 3.05) is 5.32 Å². The molecule has 0 fully saturated rings. The van der Waals surface area contributed by atoms with Crippen molar-refractivity contribution in [1.82, 2.24) is 15.0 Å². The Morgan fingerprint density at radius 2 is 2.11 bits per heavy atom. The van der Waals surface area contributed by atoms with E-state index in [1.165, 1.54) is 4.88 Å². The van der Waals surface area contributed by atoms with Crippen LogP contribution in [0, 0.1) is 13.8 Å². The van der Waals surface area contributed by atoms with Crippen LogP contribution in [0.2, 0.25) is 5.15 Å². The second kappa shape index (κ2) is 5.63. The normalized spacial score (nSPS) is 10.7. The summed E-state index contributed by atoms with van der Waals surface area (Å²) in [4.78, 5) is 14.1. The van der Waals surface area contributed by atoms with Crippen molar-refractivity contribution in [3.8, 4) is 0 Å². The molecule has 6 heteroatoms. The van der Waals surface area contributed by atoms with Gasteiger partial charge in [0.15, 0.2) is 0 Å². The predicted molar refractivity (Wildman–Crippen MR) is 75.3 cm³/mol. The first-order chi connectivity index (χ1) is 8.60. The molecule has 0 unspecified atom stereocenters. The molecular formula is C12H15ClN4S. The van der Waals surface area contributed by atoms with E-state index in [1.807, 2.05) is 20.0 Å². The van der Waals surface area contributed by atoms with Crippen LogP contribution in [-0.4, -0.2) is 15.0 Å². The molecule has 0 amide bonds. The molecule has 18 heavy (non-hydrogen) atoms. The number of halogens is 1. The number of anilines is 1. The zero-order valence-corrected chi connectivity index (χ0v) is 12.2. The van der Waals surface area contributed by atoms with Crippen molar-refractivity contribution < 1.29 is 0 Å². The third-order valence-electron chi connectivity index (χ3n) is 2.56. The smallest absolute Gasteiger partial charge is 0.137 e. The van der Waals surface area contributed by atoms with E-state index < -0.39 is 0 Å². The first-order valence-corrected chi connectivity index (χ1v) is 6.97. The maximum atomic E-state index is 6.02. The van der Waals surface area contributed by atoms with Crippen molar-refractivity contribution >= 4 is 28.8 Å². The number of hydrogen-bond donors (Lipinski definition) is 1. The van der Waals surface area contributed by atoms with Gasteiger partial charge in [-0.1, -0.05) is 18.5 Å². The molecule has 0 radical (unpaired) electrons. The van der Waals surface area contributed by atoms with E-state index in [0.717, 1.165) is 22.8 Å². The summed E-state index contributed by atoms with van der Waals surface area (Å²) in [5.41, 5.74) is 0.870. The molecular weight excluding hydrogens is 268 g/mol. The lowest BCUT2D eigenvalue weighted by molar-refractivity contribution is 0.997. The van der Waals surface area contributed by atoms with Crippen molar-refractivity contribution in [2.24, 2.45) is 0 Å². The van der Waals surface area contributed by atoms with E-state index in [9.17, 15) is 0 Å². The zero-order chi connectivity index (χ0) is 13.1. The molecule has 0 aliphatic rings. The molecule has 1 N–H and O–H groups in total. The Bertz CT molecular complexity index is 553. The molecule has 0 aromatic carbocycles. The van der Waals surface area contributed by atoms with Crippen molar-refractivity contribution in [1.29, 1.82) is 0 Å². The molecule has 2 aromatic heterocycles. The van der Waals surface area contributed by atoms with Crippen LogP contribution in [0.1, 0.15) is 28.2 Å². The fourth-order valence-electron chi connectivity index (χ4n) is 1.52. The van der Waals surface area contributed by atoms with Gasteiger partial charge in [0, 0.05) is 16.6 Å². The molecule has 0 spiro atoms. The van der Waals surface area contributed by atoms with Gasteiger partial charge in [0.1, 0.15) is 21.8 Å². The molecule has 2 heterocycles. The van der Waals surface area contributed by atoms with Gasteiger partial charge in [-0.25, -0.2) is 15.0 Å². The van der Waals surface area contributed by atoms with Crippen LogP contribution < -0.4 is 5.32 Å². The van der Waals surface area contributed by atoms with Gasteiger partial charge in [-0.3, -0.25) is 0 Å². The maximum Gasteiger partial charge on any atom is 0.137 e. The van der Waals surface area contributed by atoms with Crippen LogP contribution in [-0.2, 0) is 13.0 Å². The van der Waals surface area contributed by atoms with Gasteiger partial charge in [0.2, 0.25) is 0 Å². The second-order valence-electron chi connectivity index (χ2n) is 3.96. The van der Waals surface area contributed by atoms with Gasteiger partial charge >= 0.3 is 0 Å². The molecule has 0 bridgehead atoms. The maximum absolute atomic E-state index is 6.02. The van der Waals surface area contributed by atoms with Gasteiger partial charge in [0.25, 0.3) is 0 Å². The molecule has 0 saturated heterocycles. The van der Waals surface area contributed by atoms with Gasteiger partial charge in [-0.05, 0) is 20.3 Å². The predicted octanol–water partition coefficient (Wildman–Crippen LogP) is 3.38. The summed E-state index contributed by atoms with van der Waals surface area (Å²) in [5.74, 6) is 1.45. The van der Waals surface area contributed by atoms with Gasteiger partial charge in [-0.2, -0.15) is 0 Å². The monoisotopic (exact) mass is 282 g/mol. The molecule has 96 valence electrons. The van der Waals surface area contributed by atoms with E-state index in [1.54, 1.807) is 11.3 Å². The quantitative estimate of drug-likeness (QED) is 0.874. The van der Waals surface area contributed by atoms with Crippen LogP contribution >= 0.6 is 22.9 Å². The zero-order valence-electron chi connectivity index (χ0n) is 10.6. The van der Waals surface area contributed by atoms with E-state index in [0.29, 0.717) is 17.5 Å². The first-order valence-electron chi connectivity index (χ1n) is 5.78. The van der Waals surface area contributed by atoms with E-state index in [-0.39, 0.29) is 0 Å². The third-order valence-corrected chi connectivity index (χ3v) is 4.06. The highest BCUT2D eigenvalue weighted by molar-refractivity contribution is 7.11. The van der Waals surface area contributed by atoms with E-state index in [2.05, 4.69) is 27.2 Å². The molecule has 2 rings (SSSR count). The average Bonchev–Trinajstić information content (AvgIpc) is 2.80. The lowest BCUT2D eigenvalue weighted by Crippen LogP contribution is -2.05. The third kappa shape index (κ3) is 2.97. The Labute approximate surface area is 115 Å². The minimum atomic E-state index is 0.499. The summed E-state index contributed by atoms with van der Waals surface area (Å²) in [7, 11) is 0. The number of rotatable bonds is 4. The highest BCUT2D eigenvalue weighted by atomic mass is 35.5. The molecule has 0 aliphatic carbocycles. The highest BCUT2D eigenvalue weighted by Crippen LogP contribution is 2.21. The summed E-state index contributed by atoms with van der Waals surface area (Å²) in [6.07, 6.45) is 2.95. The van der Waals surface area contributed by atoms with E-state index >= 15 is 0 Å². The number of aromatic nitrogens is 3. The highest BCUT2D eigenvalue weighted by Gasteiger charge is 2.08. The largest absolute Gasteiger partial charge is 0.363 e. The Morgan fingerprint density at radius 1 is 1.33 bits per heavy atom. The molecule has 0 aliphatic heterocycles. The minimum absolute atomic E-state index is 0.499. The molecule has 2 aromatic rings. The minimum Gasteiger partial charge on any atom is -0.363 e. The Balaban J connectivity index is 2.10. The van der Waals surface area contributed by atoms with Crippen molar-refractivity contribution in [3.63, 3.8) is 0 Å². The van der Waals surface area contributed by atoms with Gasteiger partial charge < -0.3 is 5.32 Å². The van der Waals surface area contributed by atoms with Crippen molar-refractivity contribution in [2.45, 2.75) is 33.7 Å². The molecule has 0 saturated carbocycles. The summed E-state index contributed by atoms with van der Waals surface area (Å²) in [6, 6.07) is 0. The summed E-state index contributed by atoms with van der Waals surface area (Å²) in [5, 5.41) is 4.81. The molecule has 0 atom stereocenters. The Kier molecular flexibility index (Phi) is 4.14. The lowest BCUT2D eigenvalue weighted by Gasteiger charge is -2.08.